The van der Waals surface area contributed by atoms with Crippen molar-refractivity contribution < 1.29 is 5.11 Å². The van der Waals surface area contributed by atoms with Gasteiger partial charge in [-0.25, -0.2) is 4.98 Å². The number of benzene rings is 7. The van der Waals surface area contributed by atoms with Crippen LogP contribution in [0.4, 0.5) is 0 Å². The Morgan fingerprint density at radius 1 is 0.529 bits per heavy atom. The van der Waals surface area contributed by atoms with Crippen LogP contribution in [0.1, 0.15) is 105 Å². The number of aromatic hydroxyl groups is 1. The lowest BCUT2D eigenvalue weighted by Gasteiger charge is -2.28. The highest BCUT2D eigenvalue weighted by Gasteiger charge is 2.30. The van der Waals surface area contributed by atoms with E-state index in [1.165, 1.54) is 42.1 Å². The molecule has 0 amide bonds. The van der Waals surface area contributed by atoms with Crippen LogP contribution in [-0.4, -0.2) is 19.6 Å². The number of fused-ring (bicyclic) bond motifs is 6. The highest BCUT2D eigenvalue weighted by Crippen LogP contribution is 2.47. The molecule has 0 aliphatic rings. The molecule has 0 atom stereocenters. The van der Waals surface area contributed by atoms with Crippen LogP contribution in [0.25, 0.3) is 92.6 Å². The Balaban J connectivity index is 1.20. The maximum Gasteiger partial charge on any atom is 0.149 e. The maximum atomic E-state index is 12.5. The van der Waals surface area contributed by atoms with Gasteiger partial charge in [-0.2, -0.15) is 0 Å². The summed E-state index contributed by atoms with van der Waals surface area (Å²) in [4.78, 5) is 10.8. The first kappa shape index (κ1) is 45.2. The molecule has 342 valence electrons. The van der Waals surface area contributed by atoms with Crippen molar-refractivity contribution in [1.82, 2.24) is 14.5 Å². The number of phenols is 1. The molecule has 0 aliphatic heterocycles. The summed E-state index contributed by atoms with van der Waals surface area (Å²) in [5, 5.41) is 17.6. The second-order valence-electron chi connectivity index (χ2n) is 23.2. The van der Waals surface area contributed by atoms with Crippen molar-refractivity contribution in [2.75, 3.05) is 0 Å². The second-order valence-corrected chi connectivity index (χ2v) is 24.2. The van der Waals surface area contributed by atoms with Crippen molar-refractivity contribution in [2.24, 2.45) is 5.41 Å². The molecule has 0 unspecified atom stereocenters. The number of thiophene rings is 1. The number of pyridine rings is 1. The van der Waals surface area contributed by atoms with Crippen LogP contribution < -0.4 is 0 Å². The van der Waals surface area contributed by atoms with Crippen LogP contribution in [0, 0.1) is 5.41 Å². The van der Waals surface area contributed by atoms with Gasteiger partial charge in [-0.05, 0) is 103 Å². The highest BCUT2D eigenvalue weighted by atomic mass is 32.1. The van der Waals surface area contributed by atoms with Gasteiger partial charge in [-0.1, -0.05) is 186 Å². The van der Waals surface area contributed by atoms with Gasteiger partial charge in [0.1, 0.15) is 11.6 Å². The van der Waals surface area contributed by atoms with E-state index in [9.17, 15) is 5.11 Å². The van der Waals surface area contributed by atoms with Crippen LogP contribution >= 0.6 is 11.3 Å². The molecule has 68 heavy (non-hydrogen) atoms. The summed E-state index contributed by atoms with van der Waals surface area (Å²) in [5.41, 5.74) is 14.2. The van der Waals surface area contributed by atoms with E-state index in [2.05, 4.69) is 227 Å². The lowest BCUT2D eigenvalue weighted by Crippen LogP contribution is -2.17. The number of hydrogen-bond acceptors (Lipinski definition) is 4. The zero-order valence-electron chi connectivity index (χ0n) is 41.8. The summed E-state index contributed by atoms with van der Waals surface area (Å²) in [6.07, 6.45) is 3.00. The molecule has 0 aliphatic carbocycles. The summed E-state index contributed by atoms with van der Waals surface area (Å²) in [6, 6.07) is 50.9. The van der Waals surface area contributed by atoms with E-state index >= 15 is 0 Å². The third-order valence-electron chi connectivity index (χ3n) is 13.5. The number of phenolic OH excluding ortho intramolecular Hbond substituents is 1. The minimum atomic E-state index is -0.319. The maximum absolute atomic E-state index is 12.5. The van der Waals surface area contributed by atoms with Crippen molar-refractivity contribution >= 4 is 53.3 Å². The molecular formula is C63H63N3OS. The van der Waals surface area contributed by atoms with Crippen LogP contribution in [0.15, 0.2) is 146 Å². The van der Waals surface area contributed by atoms with Crippen molar-refractivity contribution in [3.8, 4) is 56.3 Å². The van der Waals surface area contributed by atoms with E-state index in [-0.39, 0.29) is 27.4 Å². The molecule has 0 radical (unpaired) electrons. The molecule has 0 fully saturated rings. The van der Waals surface area contributed by atoms with Gasteiger partial charge < -0.3 is 5.11 Å². The summed E-state index contributed by atoms with van der Waals surface area (Å²) in [5.74, 6) is 0.965. The van der Waals surface area contributed by atoms with E-state index in [4.69, 9.17) is 9.97 Å². The van der Waals surface area contributed by atoms with Crippen molar-refractivity contribution in [1.29, 1.82) is 0 Å². The Bertz CT molecular complexity index is 3580. The zero-order chi connectivity index (χ0) is 48.1. The highest BCUT2D eigenvalue weighted by molar-refractivity contribution is 7.27. The van der Waals surface area contributed by atoms with Gasteiger partial charge >= 0.3 is 0 Å². The average molecular weight is 910 g/mol. The summed E-state index contributed by atoms with van der Waals surface area (Å²) < 4.78 is 4.78. The minimum Gasteiger partial charge on any atom is -0.507 e. The second kappa shape index (κ2) is 16.3. The molecule has 3 heterocycles. The number of hydrogen-bond donors (Lipinski definition) is 1. The van der Waals surface area contributed by atoms with Crippen molar-refractivity contribution in [3.63, 3.8) is 0 Å². The predicted octanol–water partition coefficient (Wildman–Crippen LogP) is 17.8. The van der Waals surface area contributed by atoms with Crippen LogP contribution in [-0.2, 0) is 22.7 Å². The normalized spacial score (nSPS) is 12.8. The number of nitrogens with zero attached hydrogens (tertiary/aromatic N) is 3. The third-order valence-corrected chi connectivity index (χ3v) is 14.8. The van der Waals surface area contributed by atoms with Gasteiger partial charge in [0, 0.05) is 43.9 Å². The fourth-order valence-electron chi connectivity index (χ4n) is 9.91. The average Bonchev–Trinajstić information content (AvgIpc) is 3.87. The van der Waals surface area contributed by atoms with E-state index in [0.29, 0.717) is 5.82 Å². The predicted molar refractivity (Wildman–Crippen MR) is 292 cm³/mol. The molecule has 0 bridgehead atoms. The Labute approximate surface area is 406 Å². The first-order chi connectivity index (χ1) is 32.1. The summed E-state index contributed by atoms with van der Waals surface area (Å²) in [7, 11) is 0. The molecule has 4 nitrogen and oxygen atoms in total. The number of rotatable bonds is 6. The number of imidazole rings is 1. The van der Waals surface area contributed by atoms with Gasteiger partial charge in [0.25, 0.3) is 0 Å². The smallest absolute Gasteiger partial charge is 0.149 e. The zero-order valence-corrected chi connectivity index (χ0v) is 42.6. The van der Waals surface area contributed by atoms with Gasteiger partial charge in [0.2, 0.25) is 0 Å². The Morgan fingerprint density at radius 2 is 1.21 bits per heavy atom. The van der Waals surface area contributed by atoms with Crippen molar-refractivity contribution in [3.05, 3.63) is 168 Å². The molecular weight excluding hydrogens is 847 g/mol. The number of para-hydroxylation sites is 1. The molecule has 5 heteroatoms. The standard InChI is InChI=1S/C63H63N3OS/c1-60(2,3)37-38-24-27-46-41(32-38)25-28-47-48-30-31-64-54(58(48)68-57(46)47)42-21-16-20-40(33-42)45-22-17-23-53-55(45)65-59(50-35-44(62(7,8)9)36-51(56(50)67)63(10,11)12)66(53)52-29-26-43(61(4,5)6)34-49(52)39-18-14-13-15-19-39/h13-36,67H,37H2,1-12H3. The Hall–Kier alpha value is -6.56. The molecule has 3 aromatic heterocycles. The van der Waals surface area contributed by atoms with E-state index in [1.54, 1.807) is 0 Å². The fraction of sp³-hybridized carbons (Fsp3) is 0.270. The molecule has 0 spiro atoms. The Morgan fingerprint density at radius 3 is 1.93 bits per heavy atom. The molecule has 0 saturated carbocycles. The Kier molecular flexibility index (Phi) is 10.8. The lowest BCUT2D eigenvalue weighted by atomic mass is 9.79. The largest absolute Gasteiger partial charge is 0.507 e. The molecule has 10 aromatic rings. The first-order valence-electron chi connectivity index (χ1n) is 24.1. The first-order valence-corrected chi connectivity index (χ1v) is 24.9. The van der Waals surface area contributed by atoms with Crippen LogP contribution in [0.5, 0.6) is 5.75 Å². The van der Waals surface area contributed by atoms with Crippen LogP contribution in [0.2, 0.25) is 0 Å². The van der Waals surface area contributed by atoms with Gasteiger partial charge in [-0.15, -0.1) is 11.3 Å². The molecule has 1 N–H and O–H groups in total. The quantitative estimate of drug-likeness (QED) is 0.181. The van der Waals surface area contributed by atoms with Gasteiger partial charge in [0.05, 0.1) is 32.7 Å². The van der Waals surface area contributed by atoms with Gasteiger partial charge in [0.15, 0.2) is 0 Å². The minimum absolute atomic E-state index is 0.0696. The SMILES string of the molecule is CC(C)(C)Cc1ccc2c(ccc3c4ccnc(-c5cccc(-c6cccc7c6nc(-c6cc(C(C)(C)C)cc(C(C)(C)C)c6O)n7-c6ccc(C(C)(C)C)cc6-c6ccccc6)c5)c4sc23)c1. The third kappa shape index (κ3) is 8.19. The molecule has 10 rings (SSSR count). The number of aromatic nitrogens is 3. The molecule has 0 saturated heterocycles. The van der Waals surface area contributed by atoms with Gasteiger partial charge in [-0.3, -0.25) is 9.55 Å². The van der Waals surface area contributed by atoms with E-state index < -0.39 is 0 Å². The molecule has 7 aromatic carbocycles. The van der Waals surface area contributed by atoms with Crippen LogP contribution in [0.3, 0.4) is 0 Å². The fourth-order valence-corrected chi connectivity index (χ4v) is 11.3. The van der Waals surface area contributed by atoms with E-state index in [1.807, 2.05) is 17.5 Å². The monoisotopic (exact) mass is 909 g/mol. The topological polar surface area (TPSA) is 50.9 Å². The van der Waals surface area contributed by atoms with Crippen molar-refractivity contribution in [2.45, 2.75) is 106 Å². The van der Waals surface area contributed by atoms with E-state index in [0.717, 1.165) is 73.3 Å². The lowest BCUT2D eigenvalue weighted by molar-refractivity contribution is 0.411. The summed E-state index contributed by atoms with van der Waals surface area (Å²) in [6.45, 7) is 26.9. The summed E-state index contributed by atoms with van der Waals surface area (Å²) >= 11 is 1.84.